The Kier molecular flexibility index (Phi) is 7.46. The maximum atomic E-state index is 14.1. The lowest BCUT2D eigenvalue weighted by Crippen LogP contribution is -2.40. The molecular weight excluding hydrogens is 546 g/mol. The summed E-state index contributed by atoms with van der Waals surface area (Å²) >= 11 is 1.31. The van der Waals surface area contributed by atoms with Gasteiger partial charge in [-0.15, -0.1) is 0 Å². The number of para-hydroxylation sites is 1. The number of thiazole rings is 1. The van der Waals surface area contributed by atoms with Crippen molar-refractivity contribution in [2.75, 3.05) is 19.0 Å². The number of allylic oxidation sites excluding steroid dienone is 1. The highest BCUT2D eigenvalue weighted by Gasteiger charge is 2.32. The van der Waals surface area contributed by atoms with Gasteiger partial charge in [0.15, 0.2) is 4.80 Å². The van der Waals surface area contributed by atoms with Crippen molar-refractivity contribution in [3.8, 4) is 11.5 Å². The van der Waals surface area contributed by atoms with Crippen LogP contribution in [0.2, 0.25) is 0 Å². The second-order valence-electron chi connectivity index (χ2n) is 9.81. The molecule has 5 aromatic rings. The second-order valence-corrected chi connectivity index (χ2v) is 10.8. The molecule has 0 unspecified atom stereocenters. The number of rotatable bonds is 7. The van der Waals surface area contributed by atoms with Crippen molar-refractivity contribution in [2.24, 2.45) is 4.99 Å². The van der Waals surface area contributed by atoms with Crippen LogP contribution in [0.5, 0.6) is 11.5 Å². The van der Waals surface area contributed by atoms with Crippen LogP contribution in [0.1, 0.15) is 31.0 Å². The number of aromatic nitrogens is 1. The minimum Gasteiger partial charge on any atom is -0.497 e. The molecular formula is C34H29N3O4S. The van der Waals surface area contributed by atoms with Gasteiger partial charge < -0.3 is 14.8 Å². The Morgan fingerprint density at radius 2 is 1.69 bits per heavy atom. The zero-order chi connectivity index (χ0) is 29.2. The Hall–Kier alpha value is -4.95. The molecule has 42 heavy (non-hydrogen) atoms. The zero-order valence-electron chi connectivity index (χ0n) is 23.5. The fraction of sp³-hybridized carbons (Fsp3) is 0.147. The molecule has 8 heteroatoms. The molecule has 0 radical (unpaired) electrons. The van der Waals surface area contributed by atoms with E-state index >= 15 is 0 Å². The van der Waals surface area contributed by atoms with Gasteiger partial charge in [-0.1, -0.05) is 72.0 Å². The minimum atomic E-state index is -0.671. The first-order valence-electron chi connectivity index (χ1n) is 13.7. The number of carbonyl (C=O) groups excluding carboxylic acids is 1. The molecule has 0 saturated carbocycles. The number of hydrogen-bond acceptors (Lipinski definition) is 6. The molecule has 1 aromatic heterocycles. The Morgan fingerprint density at radius 3 is 2.40 bits per heavy atom. The Balaban J connectivity index is 1.52. The fourth-order valence-electron chi connectivity index (χ4n) is 5.28. The van der Waals surface area contributed by atoms with Crippen LogP contribution in [0, 0.1) is 0 Å². The third-order valence-electron chi connectivity index (χ3n) is 7.23. The molecule has 1 atom stereocenters. The van der Waals surface area contributed by atoms with Crippen LogP contribution in [-0.4, -0.2) is 24.2 Å². The summed E-state index contributed by atoms with van der Waals surface area (Å²) in [5, 5.41) is 4.95. The van der Waals surface area contributed by atoms with Crippen molar-refractivity contribution in [3.63, 3.8) is 0 Å². The molecule has 1 aliphatic heterocycles. The van der Waals surface area contributed by atoms with Gasteiger partial charge in [0.2, 0.25) is 0 Å². The summed E-state index contributed by atoms with van der Waals surface area (Å²) in [5.41, 5.74) is 3.10. The highest BCUT2D eigenvalue weighted by atomic mass is 32.1. The van der Waals surface area contributed by atoms with Gasteiger partial charge in [-0.3, -0.25) is 14.2 Å². The van der Waals surface area contributed by atoms with E-state index in [1.54, 1.807) is 11.7 Å². The van der Waals surface area contributed by atoms with Crippen LogP contribution < -0.4 is 29.7 Å². The van der Waals surface area contributed by atoms with Crippen LogP contribution in [-0.2, 0) is 4.79 Å². The molecule has 6 rings (SSSR count). The van der Waals surface area contributed by atoms with Gasteiger partial charge in [0.1, 0.15) is 11.5 Å². The second kappa shape index (κ2) is 11.5. The Morgan fingerprint density at radius 1 is 0.976 bits per heavy atom. The Labute approximate surface area is 246 Å². The standard InChI is InChI=1S/C34H29N3O4S/c1-4-41-28-19-16-23(26-12-8-9-13-27(26)28)20-29-33(39)37-31(22-14-17-25(40-3)18-15-22)30(21(2)35-34(37)42-29)32(38)36-24-10-6-5-7-11-24/h5-20,31H,4H2,1-3H3,(H,36,38)/b29-20+/t31-/m1/s1. The molecule has 1 amide bonds. The summed E-state index contributed by atoms with van der Waals surface area (Å²) in [6, 6.07) is 27.9. The average molecular weight is 576 g/mol. The third kappa shape index (κ3) is 5.01. The third-order valence-corrected chi connectivity index (χ3v) is 8.22. The summed E-state index contributed by atoms with van der Waals surface area (Å²) in [5.74, 6) is 1.18. The highest BCUT2D eigenvalue weighted by Crippen LogP contribution is 2.32. The van der Waals surface area contributed by atoms with Crippen LogP contribution in [0.15, 0.2) is 112 Å². The molecule has 4 aromatic carbocycles. The van der Waals surface area contributed by atoms with E-state index in [-0.39, 0.29) is 11.5 Å². The number of nitrogens with zero attached hydrogens (tertiary/aromatic N) is 2. The van der Waals surface area contributed by atoms with Crippen molar-refractivity contribution < 1.29 is 14.3 Å². The van der Waals surface area contributed by atoms with Crippen LogP contribution in [0.4, 0.5) is 5.69 Å². The van der Waals surface area contributed by atoms with Crippen molar-refractivity contribution in [1.29, 1.82) is 0 Å². The van der Waals surface area contributed by atoms with Crippen LogP contribution >= 0.6 is 11.3 Å². The first-order valence-corrected chi connectivity index (χ1v) is 14.5. The summed E-state index contributed by atoms with van der Waals surface area (Å²) in [6.45, 7) is 4.33. The Bertz CT molecular complexity index is 2010. The van der Waals surface area contributed by atoms with Gasteiger partial charge in [-0.2, -0.15) is 0 Å². The minimum absolute atomic E-state index is 0.213. The van der Waals surface area contributed by atoms with Crippen molar-refractivity contribution >= 4 is 39.8 Å². The first-order chi connectivity index (χ1) is 20.5. The van der Waals surface area contributed by atoms with Crippen molar-refractivity contribution in [3.05, 3.63) is 133 Å². The number of amides is 1. The van der Waals surface area contributed by atoms with E-state index in [1.165, 1.54) is 11.3 Å². The van der Waals surface area contributed by atoms with Gasteiger partial charge in [-0.25, -0.2) is 4.99 Å². The van der Waals surface area contributed by atoms with E-state index in [4.69, 9.17) is 14.5 Å². The average Bonchev–Trinajstić information content (AvgIpc) is 3.32. The number of ether oxygens (including phenoxy) is 2. The van der Waals surface area contributed by atoms with Gasteiger partial charge in [-0.05, 0) is 66.8 Å². The number of hydrogen-bond donors (Lipinski definition) is 1. The SMILES string of the molecule is CCOc1ccc(/C=c2/sc3n(c2=O)[C@H](c2ccc(OC)cc2)C(C(=O)Nc2ccccc2)=C(C)N=3)c2ccccc12. The molecule has 7 nitrogen and oxygen atoms in total. The first kappa shape index (κ1) is 27.2. The van der Waals surface area contributed by atoms with Gasteiger partial charge in [0.05, 0.1) is 35.6 Å². The molecule has 0 aliphatic carbocycles. The summed E-state index contributed by atoms with van der Waals surface area (Å²) in [4.78, 5) is 33.2. The maximum absolute atomic E-state index is 14.1. The van der Waals surface area contributed by atoms with E-state index in [2.05, 4.69) is 5.32 Å². The molecule has 0 bridgehead atoms. The summed E-state index contributed by atoms with van der Waals surface area (Å²) in [6.07, 6.45) is 1.90. The van der Waals surface area contributed by atoms with E-state index in [9.17, 15) is 9.59 Å². The molecule has 0 spiro atoms. The molecule has 0 fully saturated rings. The number of nitrogens with one attached hydrogen (secondary N) is 1. The van der Waals surface area contributed by atoms with E-state index in [0.717, 1.165) is 27.6 Å². The van der Waals surface area contributed by atoms with Crippen LogP contribution in [0.3, 0.4) is 0 Å². The topological polar surface area (TPSA) is 81.9 Å². The van der Waals surface area contributed by atoms with Crippen LogP contribution in [0.25, 0.3) is 16.8 Å². The lowest BCUT2D eigenvalue weighted by Gasteiger charge is -2.25. The zero-order valence-corrected chi connectivity index (χ0v) is 24.3. The fourth-order valence-corrected chi connectivity index (χ4v) is 6.31. The molecule has 1 aliphatic rings. The van der Waals surface area contributed by atoms with E-state index in [1.807, 2.05) is 111 Å². The number of fused-ring (bicyclic) bond motifs is 2. The predicted octanol–water partition coefficient (Wildman–Crippen LogP) is 5.43. The number of carbonyl (C=O) groups is 1. The van der Waals surface area contributed by atoms with E-state index in [0.29, 0.717) is 38.6 Å². The van der Waals surface area contributed by atoms with Gasteiger partial charge >= 0.3 is 0 Å². The number of anilines is 1. The summed E-state index contributed by atoms with van der Waals surface area (Å²) < 4.78 is 13.4. The smallest absolute Gasteiger partial charge is 0.271 e. The highest BCUT2D eigenvalue weighted by molar-refractivity contribution is 7.07. The summed E-state index contributed by atoms with van der Waals surface area (Å²) in [7, 11) is 1.60. The molecule has 1 N–H and O–H groups in total. The number of methoxy groups -OCH3 is 1. The van der Waals surface area contributed by atoms with Gasteiger partial charge in [0.25, 0.3) is 11.5 Å². The maximum Gasteiger partial charge on any atom is 0.271 e. The lowest BCUT2D eigenvalue weighted by atomic mass is 9.95. The van der Waals surface area contributed by atoms with Crippen molar-refractivity contribution in [2.45, 2.75) is 19.9 Å². The monoisotopic (exact) mass is 575 g/mol. The molecule has 2 heterocycles. The predicted molar refractivity (Wildman–Crippen MR) is 167 cm³/mol. The van der Waals surface area contributed by atoms with Crippen molar-refractivity contribution in [1.82, 2.24) is 4.57 Å². The van der Waals surface area contributed by atoms with E-state index < -0.39 is 6.04 Å². The molecule has 210 valence electrons. The molecule has 0 saturated heterocycles. The number of benzene rings is 4. The normalized spacial score (nSPS) is 14.8. The lowest BCUT2D eigenvalue weighted by molar-refractivity contribution is -0.113. The largest absolute Gasteiger partial charge is 0.497 e. The van der Waals surface area contributed by atoms with Gasteiger partial charge in [0, 0.05) is 11.1 Å². The quantitative estimate of drug-likeness (QED) is 0.281.